The average molecular weight is 1380 g/mol. The lowest BCUT2D eigenvalue weighted by atomic mass is 9.97. The number of rotatable bonds is 65. The minimum absolute atomic E-state index is 0.247. The molecule has 1 amide bonds. The SMILES string of the molecule is CC/C=C\C/C=C\C/C=C\C/C=C\C/C=C\C/C=C\C/C=C\C/C=C\C/C=C\CCCCCCCCCCCC(=O)NC(COC1OC(CO)C(OC2OC(CO)C(O)C(O)C2O)C(O)C1O)C(O)/C=C/CCCCCCCCCCCCCCCCCCCCCCCCCCC. The van der Waals surface area contributed by atoms with Crippen molar-refractivity contribution in [2.24, 2.45) is 0 Å². The van der Waals surface area contributed by atoms with Gasteiger partial charge in [-0.2, -0.15) is 0 Å². The van der Waals surface area contributed by atoms with Crippen molar-refractivity contribution >= 4 is 5.91 Å². The van der Waals surface area contributed by atoms with Crippen LogP contribution in [0.3, 0.4) is 0 Å². The molecule has 0 aliphatic carbocycles. The monoisotopic (exact) mass is 1380 g/mol. The van der Waals surface area contributed by atoms with Crippen LogP contribution in [-0.4, -0.2) is 140 Å². The molecular weight excluding hydrogens is 1230 g/mol. The number of aliphatic hydroxyl groups excluding tert-OH is 8. The highest BCUT2D eigenvalue weighted by Crippen LogP contribution is 2.30. The number of nitrogens with one attached hydrogen (secondary N) is 1. The van der Waals surface area contributed by atoms with Crippen molar-refractivity contribution in [1.82, 2.24) is 5.32 Å². The van der Waals surface area contributed by atoms with E-state index >= 15 is 0 Å². The number of carbonyl (C=O) groups is 1. The molecule has 98 heavy (non-hydrogen) atoms. The van der Waals surface area contributed by atoms with Gasteiger partial charge in [-0.25, -0.2) is 0 Å². The molecule has 0 bridgehead atoms. The quantitative estimate of drug-likeness (QED) is 0.0204. The zero-order valence-corrected chi connectivity index (χ0v) is 61.7. The van der Waals surface area contributed by atoms with E-state index in [0.29, 0.717) is 6.42 Å². The molecule has 0 radical (unpaired) electrons. The third-order valence-corrected chi connectivity index (χ3v) is 18.7. The van der Waals surface area contributed by atoms with Gasteiger partial charge in [-0.15, -0.1) is 0 Å². The molecule has 2 aliphatic heterocycles. The van der Waals surface area contributed by atoms with Crippen molar-refractivity contribution in [3.63, 3.8) is 0 Å². The van der Waals surface area contributed by atoms with Crippen LogP contribution < -0.4 is 5.32 Å². The number of amides is 1. The summed E-state index contributed by atoms with van der Waals surface area (Å²) in [6, 6.07) is -0.928. The van der Waals surface area contributed by atoms with E-state index in [2.05, 4.69) is 129 Å². The Morgan fingerprint density at radius 1 is 0.378 bits per heavy atom. The van der Waals surface area contributed by atoms with E-state index in [1.165, 1.54) is 180 Å². The summed E-state index contributed by atoms with van der Waals surface area (Å²) in [7, 11) is 0. The first kappa shape index (κ1) is 90.5. The molecule has 14 nitrogen and oxygen atoms in total. The van der Waals surface area contributed by atoms with Crippen LogP contribution in [0.25, 0.3) is 0 Å². The summed E-state index contributed by atoms with van der Waals surface area (Å²) in [5, 5.41) is 87.7. The van der Waals surface area contributed by atoms with Crippen molar-refractivity contribution in [3.05, 3.63) is 122 Å². The minimum Gasteiger partial charge on any atom is -0.394 e. The van der Waals surface area contributed by atoms with Gasteiger partial charge in [0.15, 0.2) is 12.6 Å². The highest BCUT2D eigenvalue weighted by molar-refractivity contribution is 5.76. The van der Waals surface area contributed by atoms with E-state index in [0.717, 1.165) is 103 Å². The fourth-order valence-corrected chi connectivity index (χ4v) is 12.4. The Bertz CT molecular complexity index is 2110. The highest BCUT2D eigenvalue weighted by Gasteiger charge is 2.51. The van der Waals surface area contributed by atoms with Crippen molar-refractivity contribution in [1.29, 1.82) is 0 Å². The summed E-state index contributed by atoms with van der Waals surface area (Å²) in [6.07, 6.45) is 81.2. The van der Waals surface area contributed by atoms with Crippen molar-refractivity contribution in [2.45, 2.75) is 383 Å². The zero-order valence-electron chi connectivity index (χ0n) is 61.7. The first-order valence-electron chi connectivity index (χ1n) is 39.8. The van der Waals surface area contributed by atoms with Gasteiger partial charge in [0, 0.05) is 6.42 Å². The smallest absolute Gasteiger partial charge is 0.220 e. The van der Waals surface area contributed by atoms with Gasteiger partial charge >= 0.3 is 0 Å². The molecule has 0 saturated carbocycles. The predicted octanol–water partition coefficient (Wildman–Crippen LogP) is 18.0. The number of hydrogen-bond acceptors (Lipinski definition) is 13. The third-order valence-electron chi connectivity index (χ3n) is 18.7. The molecule has 0 aromatic heterocycles. The lowest BCUT2D eigenvalue weighted by molar-refractivity contribution is -0.359. The van der Waals surface area contributed by atoms with E-state index in [1.807, 2.05) is 6.08 Å². The molecule has 2 rings (SSSR count). The number of unbranched alkanes of at least 4 members (excludes halogenated alkanes) is 34. The standard InChI is InChI=1S/C84H145NO13/c1-3-5-7-9-11-13-15-17-19-21-23-25-27-29-31-32-33-34-35-36-37-38-39-40-42-44-46-48-50-52-54-56-58-60-62-64-66-68-76(89)85-72(71-95-83-81(94)79(92)82(75(70-87)97-83)98-84-80(93)78(91)77(90)74(69-86)96-84)73(88)67-65-63-61-59-57-55-53-51-49-47-45-43-41-30-28-26-24-22-20-18-16-14-12-10-8-6-4-2/h5,7,11,13,17,19,23,25,29,31,33-34,36-37,39-40,44,46,65,67,72-75,77-84,86-88,90-94H,3-4,6,8-10,12,14-16,18,20-22,24,26-28,30,32,35,38,41-43,45,47-64,66,68-71H2,1-2H3,(H,85,89)/b7-5-,13-11-,19-17-,25-23-,31-29-,34-33-,37-36-,40-39-,46-44-,67-65+. The molecule has 0 spiro atoms. The predicted molar refractivity (Wildman–Crippen MR) is 405 cm³/mol. The number of carbonyl (C=O) groups excluding carboxylic acids is 1. The van der Waals surface area contributed by atoms with Crippen molar-refractivity contribution in [2.75, 3.05) is 19.8 Å². The zero-order chi connectivity index (χ0) is 70.8. The molecule has 9 N–H and O–H groups in total. The molecule has 12 atom stereocenters. The van der Waals surface area contributed by atoms with E-state index in [9.17, 15) is 45.6 Å². The summed E-state index contributed by atoms with van der Waals surface area (Å²) in [6.45, 7) is 2.71. The van der Waals surface area contributed by atoms with Crippen LogP contribution in [-0.2, 0) is 23.7 Å². The number of aliphatic hydroxyl groups is 8. The van der Waals surface area contributed by atoms with Crippen LogP contribution in [0.4, 0.5) is 0 Å². The molecule has 0 aromatic carbocycles. The van der Waals surface area contributed by atoms with Gasteiger partial charge in [-0.05, 0) is 89.9 Å². The summed E-state index contributed by atoms with van der Waals surface area (Å²) >= 11 is 0. The molecule has 2 heterocycles. The first-order valence-corrected chi connectivity index (χ1v) is 39.8. The van der Waals surface area contributed by atoms with E-state index < -0.39 is 86.8 Å². The fourth-order valence-electron chi connectivity index (χ4n) is 12.4. The van der Waals surface area contributed by atoms with Gasteiger partial charge < -0.3 is 65.1 Å². The van der Waals surface area contributed by atoms with Crippen LogP contribution in [0.15, 0.2) is 122 Å². The second-order valence-corrected chi connectivity index (χ2v) is 27.5. The minimum atomic E-state index is -1.80. The highest BCUT2D eigenvalue weighted by atomic mass is 16.7. The Morgan fingerprint density at radius 3 is 1.08 bits per heavy atom. The maximum Gasteiger partial charge on any atom is 0.220 e. The number of hydrogen-bond donors (Lipinski definition) is 9. The Balaban J connectivity index is 1.64. The van der Waals surface area contributed by atoms with Crippen molar-refractivity contribution in [3.8, 4) is 0 Å². The maximum atomic E-state index is 13.4. The number of ether oxygens (including phenoxy) is 4. The third kappa shape index (κ3) is 49.1. The van der Waals surface area contributed by atoms with Gasteiger partial charge in [0.2, 0.25) is 5.91 Å². The molecule has 2 aliphatic rings. The second-order valence-electron chi connectivity index (χ2n) is 27.5. The Kier molecular flexibility index (Phi) is 61.5. The van der Waals surface area contributed by atoms with Crippen LogP contribution >= 0.6 is 0 Å². The van der Waals surface area contributed by atoms with E-state index in [1.54, 1.807) is 6.08 Å². The lowest BCUT2D eigenvalue weighted by Gasteiger charge is -2.46. The van der Waals surface area contributed by atoms with Gasteiger partial charge in [-0.3, -0.25) is 4.79 Å². The molecule has 2 fully saturated rings. The van der Waals surface area contributed by atoms with Crippen molar-refractivity contribution < 1.29 is 64.6 Å². The van der Waals surface area contributed by atoms with E-state index in [4.69, 9.17) is 18.9 Å². The second kappa shape index (κ2) is 66.6. The van der Waals surface area contributed by atoms with Crippen LogP contribution in [0.1, 0.15) is 309 Å². The summed E-state index contributed by atoms with van der Waals surface area (Å²) in [5.74, 6) is -0.247. The van der Waals surface area contributed by atoms with Crippen LogP contribution in [0.2, 0.25) is 0 Å². The van der Waals surface area contributed by atoms with E-state index in [-0.39, 0.29) is 18.9 Å². The van der Waals surface area contributed by atoms with Crippen LogP contribution in [0.5, 0.6) is 0 Å². The lowest BCUT2D eigenvalue weighted by Crippen LogP contribution is -2.65. The average Bonchev–Trinajstić information content (AvgIpc) is 0.793. The molecule has 0 aromatic rings. The topological polar surface area (TPSA) is 228 Å². The largest absolute Gasteiger partial charge is 0.394 e. The molecule has 14 heteroatoms. The number of allylic oxidation sites excluding steroid dienone is 19. The summed E-state index contributed by atoms with van der Waals surface area (Å²) in [5.41, 5.74) is 0. The molecule has 564 valence electrons. The van der Waals surface area contributed by atoms with Gasteiger partial charge in [0.25, 0.3) is 0 Å². The summed E-state index contributed by atoms with van der Waals surface area (Å²) < 4.78 is 22.9. The van der Waals surface area contributed by atoms with Gasteiger partial charge in [0.05, 0.1) is 32.0 Å². The van der Waals surface area contributed by atoms with Gasteiger partial charge in [-0.1, -0.05) is 334 Å². The first-order chi connectivity index (χ1) is 48.1. The normalized spacial score (nSPS) is 22.7. The molecule has 2 saturated heterocycles. The molecule has 12 unspecified atom stereocenters. The van der Waals surface area contributed by atoms with Crippen LogP contribution in [0, 0.1) is 0 Å². The Morgan fingerprint density at radius 2 is 0.704 bits per heavy atom. The maximum absolute atomic E-state index is 13.4. The Hall–Kier alpha value is -3.61. The summed E-state index contributed by atoms with van der Waals surface area (Å²) in [4.78, 5) is 13.4. The Labute approximate surface area is 597 Å². The fraction of sp³-hybridized carbons (Fsp3) is 0.750. The van der Waals surface area contributed by atoms with Gasteiger partial charge in [0.1, 0.15) is 48.8 Å². The molecular formula is C84H145NO13.